The van der Waals surface area contributed by atoms with E-state index < -0.39 is 0 Å². The Bertz CT molecular complexity index is 1310. The Balaban J connectivity index is 1.40. The van der Waals surface area contributed by atoms with E-state index in [2.05, 4.69) is 49.4 Å². The molecule has 0 saturated heterocycles. The maximum atomic E-state index is 13.7. The van der Waals surface area contributed by atoms with Crippen molar-refractivity contribution in [3.05, 3.63) is 46.6 Å². The van der Waals surface area contributed by atoms with E-state index in [9.17, 15) is 10.1 Å². The fourth-order valence-electron chi connectivity index (χ4n) is 7.29. The van der Waals surface area contributed by atoms with Crippen molar-refractivity contribution in [2.75, 3.05) is 5.32 Å². The molecule has 1 amide bonds. The maximum absolute atomic E-state index is 13.7. The van der Waals surface area contributed by atoms with Crippen LogP contribution < -0.4 is 5.32 Å². The lowest BCUT2D eigenvalue weighted by Crippen LogP contribution is -2.52. The molecule has 0 unspecified atom stereocenters. The summed E-state index contributed by atoms with van der Waals surface area (Å²) in [6.07, 6.45) is 8.32. The van der Waals surface area contributed by atoms with Crippen molar-refractivity contribution in [1.29, 1.82) is 5.26 Å². The SMILES string of the molecule is Cc1cc(C)c2nc(-n3ncc(C#N)c3NC(=O)C34CC5CC(CC(C5)C3)C4)cc(C)c2c1. The summed E-state index contributed by atoms with van der Waals surface area (Å²) in [6, 6.07) is 8.46. The number of fused-ring (bicyclic) bond motifs is 1. The molecule has 4 bridgehead atoms. The third kappa shape index (κ3) is 3.17. The normalized spacial score (nSPS) is 27.6. The molecule has 4 saturated carbocycles. The smallest absolute Gasteiger partial charge is 0.231 e. The third-order valence-electron chi connectivity index (χ3n) is 8.30. The molecule has 0 atom stereocenters. The minimum atomic E-state index is -0.294. The predicted octanol–water partition coefficient (Wildman–Crippen LogP) is 5.37. The first-order chi connectivity index (χ1) is 15.8. The molecule has 2 aromatic heterocycles. The lowest BCUT2D eigenvalue weighted by atomic mass is 9.49. The second kappa shape index (κ2) is 7.15. The van der Waals surface area contributed by atoms with E-state index in [0.29, 0.717) is 35.0 Å². The van der Waals surface area contributed by atoms with Crippen LogP contribution >= 0.6 is 0 Å². The molecule has 6 nitrogen and oxygen atoms in total. The van der Waals surface area contributed by atoms with Crippen molar-refractivity contribution in [3.8, 4) is 11.9 Å². The molecular formula is C27H29N5O. The van der Waals surface area contributed by atoms with Gasteiger partial charge in [-0.05, 0) is 100 Å². The summed E-state index contributed by atoms with van der Waals surface area (Å²) in [4.78, 5) is 18.6. The molecule has 33 heavy (non-hydrogen) atoms. The lowest BCUT2D eigenvalue weighted by Gasteiger charge is -2.55. The molecule has 7 rings (SSSR count). The Morgan fingerprint density at radius 2 is 1.73 bits per heavy atom. The third-order valence-corrected chi connectivity index (χ3v) is 8.30. The van der Waals surface area contributed by atoms with Crippen molar-refractivity contribution >= 4 is 22.6 Å². The van der Waals surface area contributed by atoms with Gasteiger partial charge in [-0.25, -0.2) is 4.98 Å². The summed E-state index contributed by atoms with van der Waals surface area (Å²) in [5.41, 5.74) is 4.39. The Morgan fingerprint density at radius 3 is 2.36 bits per heavy atom. The van der Waals surface area contributed by atoms with Crippen LogP contribution in [0.1, 0.15) is 60.8 Å². The van der Waals surface area contributed by atoms with Crippen molar-refractivity contribution in [2.45, 2.75) is 59.3 Å². The molecule has 168 valence electrons. The number of amides is 1. The molecule has 4 aliphatic carbocycles. The molecule has 1 N–H and O–H groups in total. The van der Waals surface area contributed by atoms with Crippen LogP contribution in [-0.4, -0.2) is 20.7 Å². The van der Waals surface area contributed by atoms with Gasteiger partial charge in [0, 0.05) is 5.39 Å². The van der Waals surface area contributed by atoms with E-state index in [-0.39, 0.29) is 11.3 Å². The van der Waals surface area contributed by atoms with Crippen LogP contribution in [0.4, 0.5) is 5.82 Å². The van der Waals surface area contributed by atoms with Crippen LogP contribution in [-0.2, 0) is 4.79 Å². The largest absolute Gasteiger partial charge is 0.309 e. The lowest BCUT2D eigenvalue weighted by molar-refractivity contribution is -0.140. The van der Waals surface area contributed by atoms with Crippen LogP contribution in [0.5, 0.6) is 0 Å². The summed E-state index contributed by atoms with van der Waals surface area (Å²) < 4.78 is 1.63. The number of rotatable bonds is 3. The monoisotopic (exact) mass is 439 g/mol. The number of carbonyl (C=O) groups excluding carboxylic acids is 1. The standard InChI is InChI=1S/C27H29N5O/c1-15-4-17(3)24-22(5-15)16(2)6-23(30-24)32-25(21(13-28)14-29-32)31-26(33)27-10-18-7-19(11-27)9-20(8-18)12-27/h4-6,14,18-20H,7-12H2,1-3H3,(H,31,33). The van der Waals surface area contributed by atoms with Gasteiger partial charge < -0.3 is 5.32 Å². The highest BCUT2D eigenvalue weighted by Gasteiger charge is 2.54. The Kier molecular flexibility index (Phi) is 4.42. The van der Waals surface area contributed by atoms with Gasteiger partial charge in [-0.15, -0.1) is 0 Å². The number of anilines is 1. The van der Waals surface area contributed by atoms with E-state index in [1.807, 2.05) is 6.07 Å². The van der Waals surface area contributed by atoms with Gasteiger partial charge in [0.15, 0.2) is 11.6 Å². The first-order valence-corrected chi connectivity index (χ1v) is 12.0. The number of pyridine rings is 1. The number of nitriles is 1. The zero-order valence-electron chi connectivity index (χ0n) is 19.5. The molecule has 2 heterocycles. The number of benzene rings is 1. The van der Waals surface area contributed by atoms with E-state index in [0.717, 1.165) is 41.3 Å². The van der Waals surface area contributed by atoms with Gasteiger partial charge in [-0.2, -0.15) is 15.0 Å². The first-order valence-electron chi connectivity index (χ1n) is 12.0. The van der Waals surface area contributed by atoms with E-state index >= 15 is 0 Å². The Hall–Kier alpha value is -3.20. The Labute approximate surface area is 194 Å². The van der Waals surface area contributed by atoms with Crippen LogP contribution in [0, 0.1) is 55.3 Å². The second-order valence-electron chi connectivity index (χ2n) is 10.9. The average molecular weight is 440 g/mol. The topological polar surface area (TPSA) is 83.6 Å². The quantitative estimate of drug-likeness (QED) is 0.594. The predicted molar refractivity (Wildman–Crippen MR) is 127 cm³/mol. The summed E-state index contributed by atoms with van der Waals surface area (Å²) in [6.45, 7) is 6.21. The molecule has 1 aromatic carbocycles. The summed E-state index contributed by atoms with van der Waals surface area (Å²) in [7, 11) is 0. The van der Waals surface area contributed by atoms with Gasteiger partial charge in [0.05, 0.1) is 17.1 Å². The van der Waals surface area contributed by atoms with Crippen LogP contribution in [0.25, 0.3) is 16.7 Å². The number of hydrogen-bond acceptors (Lipinski definition) is 4. The average Bonchev–Trinajstić information content (AvgIpc) is 3.16. The highest BCUT2D eigenvalue weighted by molar-refractivity contribution is 5.96. The van der Waals surface area contributed by atoms with Crippen LogP contribution in [0.15, 0.2) is 24.4 Å². The van der Waals surface area contributed by atoms with Crippen LogP contribution in [0.2, 0.25) is 0 Å². The van der Waals surface area contributed by atoms with Gasteiger partial charge in [-0.1, -0.05) is 11.6 Å². The molecule has 0 spiro atoms. The molecule has 6 heteroatoms. The van der Waals surface area contributed by atoms with Crippen LogP contribution in [0.3, 0.4) is 0 Å². The van der Waals surface area contributed by atoms with E-state index in [1.54, 1.807) is 4.68 Å². The van der Waals surface area contributed by atoms with Crippen molar-refractivity contribution in [3.63, 3.8) is 0 Å². The van der Waals surface area contributed by atoms with Gasteiger partial charge >= 0.3 is 0 Å². The molecule has 0 aliphatic heterocycles. The number of aromatic nitrogens is 3. The molecular weight excluding hydrogens is 410 g/mol. The fraction of sp³-hybridized carbons (Fsp3) is 0.481. The fourth-order valence-corrected chi connectivity index (χ4v) is 7.29. The summed E-state index contributed by atoms with van der Waals surface area (Å²) >= 11 is 0. The van der Waals surface area contributed by atoms with Gasteiger partial charge in [-0.3, -0.25) is 4.79 Å². The van der Waals surface area contributed by atoms with Gasteiger partial charge in [0.25, 0.3) is 0 Å². The summed E-state index contributed by atoms with van der Waals surface area (Å²) in [5.74, 6) is 3.16. The molecule has 0 radical (unpaired) electrons. The minimum absolute atomic E-state index is 0.0594. The molecule has 4 fully saturated rings. The number of hydrogen-bond donors (Lipinski definition) is 1. The zero-order chi connectivity index (χ0) is 22.9. The Morgan fingerprint density at radius 1 is 1.06 bits per heavy atom. The highest BCUT2D eigenvalue weighted by Crippen LogP contribution is 2.60. The number of aryl methyl sites for hydroxylation is 3. The zero-order valence-corrected chi connectivity index (χ0v) is 19.5. The molecule has 3 aromatic rings. The number of nitrogens with one attached hydrogen (secondary N) is 1. The van der Waals surface area contributed by atoms with Crippen molar-refractivity contribution < 1.29 is 4.79 Å². The second-order valence-corrected chi connectivity index (χ2v) is 10.9. The van der Waals surface area contributed by atoms with Gasteiger partial charge in [0.2, 0.25) is 5.91 Å². The summed E-state index contributed by atoms with van der Waals surface area (Å²) in [5, 5.41) is 18.5. The first kappa shape index (κ1) is 20.4. The van der Waals surface area contributed by atoms with Crippen molar-refractivity contribution in [2.24, 2.45) is 23.2 Å². The molecule has 4 aliphatic rings. The van der Waals surface area contributed by atoms with E-state index in [1.165, 1.54) is 31.0 Å². The minimum Gasteiger partial charge on any atom is -0.309 e. The highest BCUT2D eigenvalue weighted by atomic mass is 16.2. The number of carbonyl (C=O) groups is 1. The van der Waals surface area contributed by atoms with Gasteiger partial charge in [0.1, 0.15) is 11.6 Å². The maximum Gasteiger partial charge on any atom is 0.231 e. The number of nitrogens with zero attached hydrogens (tertiary/aromatic N) is 4. The van der Waals surface area contributed by atoms with Crippen molar-refractivity contribution in [1.82, 2.24) is 14.8 Å². The van der Waals surface area contributed by atoms with E-state index in [4.69, 9.17) is 4.98 Å².